The van der Waals surface area contributed by atoms with Gasteiger partial charge in [-0.2, -0.15) is 0 Å². The number of nitrogens with zero attached hydrogens (tertiary/aromatic N) is 1. The van der Waals surface area contributed by atoms with Crippen LogP contribution < -0.4 is 16.0 Å². The fraction of sp³-hybridized carbons (Fsp3) is 0.583. The third-order valence-corrected chi connectivity index (χ3v) is 5.76. The zero-order valence-electron chi connectivity index (χ0n) is 12.2. The molecule has 0 radical (unpaired) electrons. The molecule has 0 saturated carbocycles. The van der Waals surface area contributed by atoms with E-state index in [1.165, 1.54) is 7.05 Å². The molecule has 1 saturated heterocycles. The third-order valence-electron chi connectivity index (χ3n) is 3.21. The lowest BCUT2D eigenvalue weighted by Crippen LogP contribution is -2.41. The van der Waals surface area contributed by atoms with Crippen LogP contribution in [-0.4, -0.2) is 53.4 Å². The summed E-state index contributed by atoms with van der Waals surface area (Å²) < 4.78 is 29.6. The Labute approximate surface area is 128 Å². The molecule has 3 N–H and O–H groups in total. The number of hydrogen-bond acceptors (Lipinski definition) is 7. The van der Waals surface area contributed by atoms with Gasteiger partial charge in [-0.25, -0.2) is 8.42 Å². The molecule has 1 atom stereocenters. The smallest absolute Gasteiger partial charge is 0.263 e. The summed E-state index contributed by atoms with van der Waals surface area (Å²) in [6.07, 6.45) is 1.10. The minimum absolute atomic E-state index is 0.00191. The first-order valence-corrected chi connectivity index (χ1v) is 9.17. The normalized spacial score (nSPS) is 19.6. The molecule has 0 aliphatic carbocycles. The molecule has 1 aromatic rings. The van der Waals surface area contributed by atoms with E-state index in [1.807, 2.05) is 11.8 Å². The highest BCUT2D eigenvalue weighted by Gasteiger charge is 2.31. The zero-order valence-corrected chi connectivity index (χ0v) is 13.8. The number of morpholine rings is 1. The summed E-state index contributed by atoms with van der Waals surface area (Å²) in [5, 5.41) is 3.00. The number of anilines is 2. The van der Waals surface area contributed by atoms with Crippen LogP contribution in [0.3, 0.4) is 0 Å². The number of carbonyl (C=O) groups is 1. The van der Waals surface area contributed by atoms with Crippen LogP contribution >= 0.6 is 11.3 Å². The lowest BCUT2D eigenvalue weighted by atomic mass is 10.3. The molecule has 9 heteroatoms. The molecule has 0 spiro atoms. The van der Waals surface area contributed by atoms with Crippen LogP contribution in [0.1, 0.15) is 16.6 Å². The molecule has 1 aromatic heterocycles. The minimum atomic E-state index is -3.53. The molecule has 1 aliphatic rings. The number of carbonyl (C=O) groups excluding carboxylic acids is 1. The van der Waals surface area contributed by atoms with Crippen LogP contribution in [0.5, 0.6) is 0 Å². The minimum Gasteiger partial charge on any atom is -0.396 e. The number of rotatable bonds is 3. The van der Waals surface area contributed by atoms with Gasteiger partial charge in [0, 0.05) is 26.4 Å². The second-order valence-corrected chi connectivity index (χ2v) is 7.91. The highest BCUT2D eigenvalue weighted by molar-refractivity contribution is 7.91. The van der Waals surface area contributed by atoms with Crippen molar-refractivity contribution >= 4 is 37.8 Å². The average molecular weight is 333 g/mol. The van der Waals surface area contributed by atoms with E-state index in [-0.39, 0.29) is 27.5 Å². The number of thiophene rings is 1. The molecular weight excluding hydrogens is 314 g/mol. The van der Waals surface area contributed by atoms with Gasteiger partial charge in [-0.05, 0) is 6.92 Å². The summed E-state index contributed by atoms with van der Waals surface area (Å²) in [6.45, 7) is 3.57. The van der Waals surface area contributed by atoms with E-state index in [0.717, 1.165) is 17.6 Å². The fourth-order valence-electron chi connectivity index (χ4n) is 2.27. The monoisotopic (exact) mass is 333 g/mol. The third kappa shape index (κ3) is 3.14. The number of hydrogen-bond donors (Lipinski definition) is 2. The van der Waals surface area contributed by atoms with Gasteiger partial charge in [0.1, 0.15) is 14.8 Å². The van der Waals surface area contributed by atoms with Crippen LogP contribution in [0.15, 0.2) is 4.90 Å². The average Bonchev–Trinajstić information content (AvgIpc) is 2.75. The second kappa shape index (κ2) is 5.82. The van der Waals surface area contributed by atoms with Crippen molar-refractivity contribution in [2.45, 2.75) is 17.9 Å². The van der Waals surface area contributed by atoms with Crippen LogP contribution in [0.2, 0.25) is 0 Å². The molecule has 1 aliphatic heterocycles. The molecule has 1 unspecified atom stereocenters. The summed E-state index contributed by atoms with van der Waals surface area (Å²) in [5.41, 5.74) is 5.94. The van der Waals surface area contributed by atoms with Gasteiger partial charge in [0.25, 0.3) is 5.91 Å². The van der Waals surface area contributed by atoms with E-state index in [0.29, 0.717) is 24.7 Å². The van der Waals surface area contributed by atoms with Gasteiger partial charge < -0.3 is 20.7 Å². The van der Waals surface area contributed by atoms with Crippen molar-refractivity contribution < 1.29 is 17.9 Å². The summed E-state index contributed by atoms with van der Waals surface area (Å²) in [5.74, 6) is -0.380. The van der Waals surface area contributed by atoms with E-state index in [2.05, 4.69) is 5.32 Å². The Hall–Kier alpha value is -1.32. The van der Waals surface area contributed by atoms with Gasteiger partial charge in [0.2, 0.25) is 0 Å². The van der Waals surface area contributed by atoms with Gasteiger partial charge in [0.15, 0.2) is 9.84 Å². The fourth-order valence-corrected chi connectivity index (χ4v) is 4.96. The topological polar surface area (TPSA) is 102 Å². The Morgan fingerprint density at radius 3 is 2.71 bits per heavy atom. The Balaban J connectivity index is 2.56. The molecule has 1 fully saturated rings. The summed E-state index contributed by atoms with van der Waals surface area (Å²) in [7, 11) is -2.04. The van der Waals surface area contributed by atoms with Crippen molar-refractivity contribution in [1.29, 1.82) is 0 Å². The maximum absolute atomic E-state index is 12.1. The number of nitrogens with one attached hydrogen (secondary N) is 1. The van der Waals surface area contributed by atoms with Gasteiger partial charge in [-0.3, -0.25) is 4.79 Å². The Morgan fingerprint density at radius 1 is 1.52 bits per heavy atom. The summed E-state index contributed by atoms with van der Waals surface area (Å²) >= 11 is 1.11. The lowest BCUT2D eigenvalue weighted by molar-refractivity contribution is 0.0533. The summed E-state index contributed by atoms with van der Waals surface area (Å²) in [6, 6.07) is 0. The van der Waals surface area contributed by atoms with Crippen molar-refractivity contribution in [1.82, 2.24) is 5.32 Å². The molecule has 0 aromatic carbocycles. The largest absolute Gasteiger partial charge is 0.396 e. The first-order valence-electron chi connectivity index (χ1n) is 6.46. The van der Waals surface area contributed by atoms with Crippen molar-refractivity contribution in [3.63, 3.8) is 0 Å². The van der Waals surface area contributed by atoms with Crippen LogP contribution in [0.4, 0.5) is 10.7 Å². The molecular formula is C12H19N3O4S2. The number of nitrogen functional groups attached to an aromatic ring is 1. The standard InChI is InChI=1S/C12H19N3O4S2/c1-7-6-15(4-5-19-7)12-10(21(3,17)18)8(13)9(20-12)11(16)14-2/h7H,4-6,13H2,1-3H3,(H,14,16). The number of amides is 1. The molecule has 0 bridgehead atoms. The van der Waals surface area contributed by atoms with Gasteiger partial charge >= 0.3 is 0 Å². The Kier molecular flexibility index (Phi) is 4.45. The first-order chi connectivity index (χ1) is 9.75. The maximum atomic E-state index is 12.1. The molecule has 7 nitrogen and oxygen atoms in total. The quantitative estimate of drug-likeness (QED) is 0.826. The molecule has 1 amide bonds. The molecule has 21 heavy (non-hydrogen) atoms. The predicted octanol–water partition coefficient (Wildman–Crippen LogP) is 0.319. The highest BCUT2D eigenvalue weighted by Crippen LogP contribution is 2.42. The lowest BCUT2D eigenvalue weighted by Gasteiger charge is -2.32. The number of ether oxygens (including phenoxy) is 1. The molecule has 118 valence electrons. The second-order valence-electron chi connectivity index (χ2n) is 4.96. The summed E-state index contributed by atoms with van der Waals surface area (Å²) in [4.78, 5) is 14.0. The van der Waals surface area contributed by atoms with Crippen molar-refractivity contribution in [2.75, 3.05) is 43.6 Å². The van der Waals surface area contributed by atoms with E-state index >= 15 is 0 Å². The molecule has 2 rings (SSSR count). The van der Waals surface area contributed by atoms with E-state index in [9.17, 15) is 13.2 Å². The van der Waals surface area contributed by atoms with Crippen LogP contribution in [-0.2, 0) is 14.6 Å². The van der Waals surface area contributed by atoms with Crippen LogP contribution in [0, 0.1) is 0 Å². The first kappa shape index (κ1) is 16.1. The number of nitrogens with two attached hydrogens (primary N) is 1. The SMILES string of the molecule is CNC(=O)c1sc(N2CCOC(C)C2)c(S(C)(=O)=O)c1N. The van der Waals surface area contributed by atoms with E-state index in [4.69, 9.17) is 10.5 Å². The van der Waals surface area contributed by atoms with Gasteiger partial charge in [-0.15, -0.1) is 11.3 Å². The predicted molar refractivity (Wildman–Crippen MR) is 82.9 cm³/mol. The van der Waals surface area contributed by atoms with Crippen molar-refractivity contribution in [3.8, 4) is 0 Å². The van der Waals surface area contributed by atoms with E-state index in [1.54, 1.807) is 0 Å². The Bertz CT molecular complexity index is 654. The van der Waals surface area contributed by atoms with Crippen molar-refractivity contribution in [2.24, 2.45) is 0 Å². The van der Waals surface area contributed by atoms with Crippen LogP contribution in [0.25, 0.3) is 0 Å². The van der Waals surface area contributed by atoms with Crippen molar-refractivity contribution in [3.05, 3.63) is 4.88 Å². The zero-order chi connectivity index (χ0) is 15.8. The van der Waals surface area contributed by atoms with E-state index < -0.39 is 9.84 Å². The number of sulfone groups is 1. The molecule has 2 heterocycles. The van der Waals surface area contributed by atoms with Gasteiger partial charge in [0.05, 0.1) is 18.4 Å². The van der Waals surface area contributed by atoms with Gasteiger partial charge in [-0.1, -0.05) is 0 Å². The maximum Gasteiger partial charge on any atom is 0.263 e. The highest BCUT2D eigenvalue weighted by atomic mass is 32.2. The Morgan fingerprint density at radius 2 is 2.19 bits per heavy atom.